The van der Waals surface area contributed by atoms with Gasteiger partial charge in [-0.05, 0) is 26.0 Å². The van der Waals surface area contributed by atoms with Crippen molar-refractivity contribution in [1.82, 2.24) is 0 Å². The monoisotopic (exact) mass is 249 g/mol. The highest BCUT2D eigenvalue weighted by Crippen LogP contribution is 2.34. The van der Waals surface area contributed by atoms with Crippen molar-refractivity contribution in [2.75, 3.05) is 17.2 Å². The second-order valence-corrected chi connectivity index (χ2v) is 5.28. The Kier molecular flexibility index (Phi) is 3.52. The maximum Gasteiger partial charge on any atom is 0.237 e. The lowest BCUT2D eigenvalue weighted by molar-refractivity contribution is -0.130. The van der Waals surface area contributed by atoms with Crippen LogP contribution in [0.4, 0.5) is 5.69 Å². The van der Waals surface area contributed by atoms with Crippen LogP contribution in [-0.2, 0) is 9.59 Å². The summed E-state index contributed by atoms with van der Waals surface area (Å²) in [7, 11) is 0. The molecule has 0 fully saturated rings. The molecule has 0 saturated heterocycles. The molecule has 2 rings (SSSR count). The third kappa shape index (κ3) is 2.36. The summed E-state index contributed by atoms with van der Waals surface area (Å²) in [5.41, 5.74) is 0.932. The Balaban J connectivity index is 2.30. The van der Waals surface area contributed by atoms with Crippen molar-refractivity contribution < 1.29 is 9.59 Å². The van der Waals surface area contributed by atoms with E-state index in [9.17, 15) is 9.59 Å². The molecule has 0 saturated carbocycles. The van der Waals surface area contributed by atoms with Crippen LogP contribution in [0.1, 0.15) is 13.8 Å². The number of hydrogen-bond donors (Lipinski definition) is 0. The zero-order chi connectivity index (χ0) is 12.4. The summed E-state index contributed by atoms with van der Waals surface area (Å²) < 4.78 is 0. The minimum atomic E-state index is -0.550. The molecule has 90 valence electrons. The zero-order valence-corrected chi connectivity index (χ0v) is 10.8. The van der Waals surface area contributed by atoms with Crippen LogP contribution in [0, 0.1) is 5.92 Å². The molecule has 1 aliphatic rings. The van der Waals surface area contributed by atoms with Gasteiger partial charge in [0.25, 0.3) is 0 Å². The summed E-state index contributed by atoms with van der Waals surface area (Å²) >= 11 is 1.75. The van der Waals surface area contributed by atoms with Gasteiger partial charge < -0.3 is 4.90 Å². The third-order valence-electron chi connectivity index (χ3n) is 2.97. The van der Waals surface area contributed by atoms with Gasteiger partial charge in [-0.1, -0.05) is 12.1 Å². The summed E-state index contributed by atoms with van der Waals surface area (Å²) in [4.78, 5) is 26.3. The van der Waals surface area contributed by atoms with E-state index >= 15 is 0 Å². The van der Waals surface area contributed by atoms with Crippen molar-refractivity contribution in [3.8, 4) is 0 Å². The maximum atomic E-state index is 12.2. The first-order valence-corrected chi connectivity index (χ1v) is 6.63. The molecule has 0 N–H and O–H groups in total. The van der Waals surface area contributed by atoms with Crippen molar-refractivity contribution in [1.29, 1.82) is 0 Å². The van der Waals surface area contributed by atoms with Gasteiger partial charge >= 0.3 is 0 Å². The second-order valence-electron chi connectivity index (χ2n) is 4.14. The number of nitrogens with zero attached hydrogens (tertiary/aromatic N) is 1. The van der Waals surface area contributed by atoms with Crippen molar-refractivity contribution in [2.45, 2.75) is 18.7 Å². The van der Waals surface area contributed by atoms with Gasteiger partial charge in [-0.2, -0.15) is 0 Å². The number of hydrogen-bond acceptors (Lipinski definition) is 3. The van der Waals surface area contributed by atoms with Gasteiger partial charge in [0.15, 0.2) is 0 Å². The second kappa shape index (κ2) is 4.92. The molecule has 0 radical (unpaired) electrons. The van der Waals surface area contributed by atoms with E-state index in [1.165, 1.54) is 6.92 Å². The minimum absolute atomic E-state index is 0.0780. The number of benzene rings is 1. The molecule has 3 nitrogen and oxygen atoms in total. The number of Topliss-reactive ketones (excluding diaryl/α,β-unsaturated/α-hetero) is 1. The van der Waals surface area contributed by atoms with E-state index in [4.69, 9.17) is 0 Å². The van der Waals surface area contributed by atoms with E-state index in [0.29, 0.717) is 6.54 Å². The predicted molar refractivity (Wildman–Crippen MR) is 69.4 cm³/mol. The normalized spacial score (nSPS) is 16.2. The average Bonchev–Trinajstić information content (AvgIpc) is 2.36. The fourth-order valence-corrected chi connectivity index (χ4v) is 2.80. The van der Waals surface area contributed by atoms with Crippen LogP contribution >= 0.6 is 11.8 Å². The maximum absolute atomic E-state index is 12.2. The molecule has 4 heteroatoms. The van der Waals surface area contributed by atoms with E-state index in [0.717, 1.165) is 16.3 Å². The highest BCUT2D eigenvalue weighted by atomic mass is 32.2. The molecule has 1 aliphatic heterocycles. The lowest BCUT2D eigenvalue weighted by Gasteiger charge is -2.30. The minimum Gasteiger partial charge on any atom is -0.310 e. The Morgan fingerprint density at radius 2 is 2.06 bits per heavy atom. The number of carbonyl (C=O) groups excluding carboxylic acids is 2. The van der Waals surface area contributed by atoms with Crippen molar-refractivity contribution in [3.63, 3.8) is 0 Å². The quantitative estimate of drug-likeness (QED) is 0.755. The van der Waals surface area contributed by atoms with Gasteiger partial charge in [-0.3, -0.25) is 9.59 Å². The molecule has 1 aromatic carbocycles. The lowest BCUT2D eigenvalue weighted by atomic mass is 10.1. The Morgan fingerprint density at radius 3 is 2.76 bits per heavy atom. The molecule has 0 spiro atoms. The number of para-hydroxylation sites is 1. The first kappa shape index (κ1) is 12.2. The number of thioether (sulfide) groups is 1. The molecule has 1 heterocycles. The number of amides is 1. The van der Waals surface area contributed by atoms with Crippen LogP contribution in [0.5, 0.6) is 0 Å². The van der Waals surface area contributed by atoms with E-state index in [2.05, 4.69) is 0 Å². The van der Waals surface area contributed by atoms with E-state index in [1.807, 2.05) is 24.3 Å². The zero-order valence-electron chi connectivity index (χ0n) is 9.97. The molecular weight excluding hydrogens is 234 g/mol. The largest absolute Gasteiger partial charge is 0.310 e. The first-order chi connectivity index (χ1) is 8.11. The van der Waals surface area contributed by atoms with Crippen LogP contribution in [0.25, 0.3) is 0 Å². The Hall–Kier alpha value is -1.29. The van der Waals surface area contributed by atoms with Crippen LogP contribution in [0.2, 0.25) is 0 Å². The molecule has 0 aromatic heterocycles. The third-order valence-corrected chi connectivity index (χ3v) is 4.02. The topological polar surface area (TPSA) is 37.4 Å². The number of fused-ring (bicyclic) bond motifs is 1. The first-order valence-electron chi connectivity index (χ1n) is 5.65. The lowest BCUT2D eigenvalue weighted by Crippen LogP contribution is -2.40. The predicted octanol–water partition coefficient (Wildman–Crippen LogP) is 2.35. The van der Waals surface area contributed by atoms with E-state index in [1.54, 1.807) is 23.6 Å². The molecule has 1 unspecified atom stereocenters. The fraction of sp³-hybridized carbons (Fsp3) is 0.385. The molecular formula is C13H15NO2S. The van der Waals surface area contributed by atoms with Crippen LogP contribution in [0.15, 0.2) is 29.2 Å². The van der Waals surface area contributed by atoms with Gasteiger partial charge in [-0.25, -0.2) is 0 Å². The van der Waals surface area contributed by atoms with Crippen molar-refractivity contribution in [3.05, 3.63) is 24.3 Å². The number of rotatable bonds is 2. The van der Waals surface area contributed by atoms with Gasteiger partial charge in [-0.15, -0.1) is 11.8 Å². The Labute approximate surface area is 105 Å². The molecule has 0 bridgehead atoms. The van der Waals surface area contributed by atoms with Gasteiger partial charge in [0.2, 0.25) is 5.91 Å². The summed E-state index contributed by atoms with van der Waals surface area (Å²) in [6, 6.07) is 7.84. The molecule has 17 heavy (non-hydrogen) atoms. The number of ketones is 1. The van der Waals surface area contributed by atoms with E-state index in [-0.39, 0.29) is 11.7 Å². The smallest absolute Gasteiger partial charge is 0.237 e. The summed E-state index contributed by atoms with van der Waals surface area (Å²) in [5, 5.41) is 0. The van der Waals surface area contributed by atoms with Crippen LogP contribution in [0.3, 0.4) is 0 Å². The number of anilines is 1. The van der Waals surface area contributed by atoms with Crippen molar-refractivity contribution >= 4 is 29.1 Å². The summed E-state index contributed by atoms with van der Waals surface area (Å²) in [5.74, 6) is 0.162. The summed E-state index contributed by atoms with van der Waals surface area (Å²) in [6.45, 7) is 3.82. The fourth-order valence-electron chi connectivity index (χ4n) is 1.81. The van der Waals surface area contributed by atoms with Crippen LogP contribution in [-0.4, -0.2) is 24.0 Å². The average molecular weight is 249 g/mol. The summed E-state index contributed by atoms with van der Waals surface area (Å²) in [6.07, 6.45) is 0. The number of carbonyl (C=O) groups is 2. The van der Waals surface area contributed by atoms with Gasteiger partial charge in [0, 0.05) is 17.2 Å². The van der Waals surface area contributed by atoms with Crippen molar-refractivity contribution in [2.24, 2.45) is 5.92 Å². The Morgan fingerprint density at radius 1 is 1.35 bits per heavy atom. The highest BCUT2D eigenvalue weighted by molar-refractivity contribution is 7.99. The standard InChI is InChI=1S/C13H15NO2S/c1-9(10(2)15)13(16)14-7-8-17-12-6-4-3-5-11(12)14/h3-6,9H,7-8H2,1-2H3. The van der Waals surface area contributed by atoms with Gasteiger partial charge in [0.05, 0.1) is 11.6 Å². The van der Waals surface area contributed by atoms with Gasteiger partial charge in [0.1, 0.15) is 5.78 Å². The molecule has 1 amide bonds. The Bertz CT molecular complexity index is 458. The van der Waals surface area contributed by atoms with Crippen LogP contribution < -0.4 is 4.90 Å². The van der Waals surface area contributed by atoms with E-state index < -0.39 is 5.92 Å². The molecule has 1 atom stereocenters. The molecule has 0 aliphatic carbocycles. The SMILES string of the molecule is CC(=O)C(C)C(=O)N1CCSc2ccccc21. The highest BCUT2D eigenvalue weighted by Gasteiger charge is 2.28. The molecule has 1 aromatic rings.